The van der Waals surface area contributed by atoms with Crippen LogP contribution in [0.25, 0.3) is 0 Å². The van der Waals surface area contributed by atoms with Crippen molar-refractivity contribution < 1.29 is 17.9 Å². The lowest BCUT2D eigenvalue weighted by molar-refractivity contribution is 0.0869. The van der Waals surface area contributed by atoms with E-state index >= 15 is 0 Å². The summed E-state index contributed by atoms with van der Waals surface area (Å²) in [6.07, 6.45) is 1.41. The summed E-state index contributed by atoms with van der Waals surface area (Å²) in [5.41, 5.74) is 1.49. The van der Waals surface area contributed by atoms with Gasteiger partial charge in [-0.15, -0.1) is 0 Å². The third-order valence-electron chi connectivity index (χ3n) is 4.24. The van der Waals surface area contributed by atoms with Crippen molar-refractivity contribution in [3.05, 3.63) is 29.3 Å². The quantitative estimate of drug-likeness (QED) is 0.765. The van der Waals surface area contributed by atoms with Gasteiger partial charge in [-0.3, -0.25) is 4.79 Å². The lowest BCUT2D eigenvalue weighted by Crippen LogP contribution is -2.47. The molecule has 0 aliphatic carbocycles. The molecule has 0 spiro atoms. The molecule has 0 unspecified atom stereocenters. The molecule has 1 aromatic rings. The normalized spacial score (nSPS) is 19.8. The van der Waals surface area contributed by atoms with Gasteiger partial charge in [0, 0.05) is 38.7 Å². The van der Waals surface area contributed by atoms with Gasteiger partial charge in [0.15, 0.2) is 5.78 Å². The van der Waals surface area contributed by atoms with Crippen molar-refractivity contribution in [3.63, 3.8) is 0 Å². The number of rotatable bonds is 5. The highest BCUT2D eigenvalue weighted by Crippen LogP contribution is 2.26. The molecule has 0 bridgehead atoms. The van der Waals surface area contributed by atoms with Crippen molar-refractivity contribution in [2.75, 3.05) is 34.3 Å². The average Bonchev–Trinajstić information content (AvgIpc) is 2.54. The molecule has 1 aliphatic rings. The molecule has 1 heterocycles. The van der Waals surface area contributed by atoms with Crippen LogP contribution in [0.4, 0.5) is 0 Å². The summed E-state index contributed by atoms with van der Waals surface area (Å²) in [6.45, 7) is 2.57. The molecular weight excluding hydrogens is 316 g/mol. The first-order chi connectivity index (χ1) is 10.8. The number of carbonyl (C=O) groups excluding carboxylic acids is 1. The maximum Gasteiger partial charge on any atom is 0.281 e. The van der Waals surface area contributed by atoms with Crippen molar-refractivity contribution in [2.24, 2.45) is 5.92 Å². The van der Waals surface area contributed by atoms with Crippen molar-refractivity contribution in [3.8, 4) is 5.75 Å². The highest BCUT2D eigenvalue weighted by Gasteiger charge is 2.34. The van der Waals surface area contributed by atoms with Crippen LogP contribution in [-0.4, -0.2) is 57.1 Å². The number of piperidine rings is 1. The highest BCUT2D eigenvalue weighted by molar-refractivity contribution is 7.86. The van der Waals surface area contributed by atoms with Crippen LogP contribution in [0, 0.1) is 12.8 Å². The first-order valence-corrected chi connectivity index (χ1v) is 9.03. The summed E-state index contributed by atoms with van der Waals surface area (Å²) >= 11 is 0. The Morgan fingerprint density at radius 3 is 2.61 bits per heavy atom. The van der Waals surface area contributed by atoms with Gasteiger partial charge in [-0.25, -0.2) is 0 Å². The molecule has 0 aromatic heterocycles. The van der Waals surface area contributed by atoms with Gasteiger partial charge in [0.05, 0.1) is 7.11 Å². The zero-order valence-corrected chi connectivity index (χ0v) is 14.9. The SMILES string of the molecule is COc1ccc(C(=O)[C@H]2CCCN(S(=O)(=O)N(C)C)C2)c(C)c1. The van der Waals surface area contributed by atoms with Crippen LogP contribution >= 0.6 is 0 Å². The van der Waals surface area contributed by atoms with E-state index in [-0.39, 0.29) is 18.2 Å². The van der Waals surface area contributed by atoms with E-state index in [2.05, 4.69) is 0 Å². The zero-order valence-electron chi connectivity index (χ0n) is 14.1. The molecule has 1 fully saturated rings. The molecule has 2 rings (SSSR count). The minimum absolute atomic E-state index is 0.00353. The Hall–Kier alpha value is -1.44. The maximum atomic E-state index is 12.8. The maximum absolute atomic E-state index is 12.8. The molecule has 6 nitrogen and oxygen atoms in total. The van der Waals surface area contributed by atoms with Gasteiger partial charge in [-0.2, -0.15) is 17.0 Å². The van der Waals surface area contributed by atoms with Gasteiger partial charge < -0.3 is 4.74 Å². The Morgan fingerprint density at radius 1 is 1.35 bits per heavy atom. The number of ketones is 1. The molecule has 0 saturated carbocycles. The lowest BCUT2D eigenvalue weighted by Gasteiger charge is -2.33. The first kappa shape index (κ1) is 17.9. The van der Waals surface area contributed by atoms with Crippen LogP contribution in [0.1, 0.15) is 28.8 Å². The predicted octanol–water partition coefficient (Wildman–Crippen LogP) is 1.70. The Balaban J connectivity index is 2.20. The van der Waals surface area contributed by atoms with Crippen molar-refractivity contribution in [1.82, 2.24) is 8.61 Å². The minimum Gasteiger partial charge on any atom is -0.497 e. The summed E-state index contributed by atoms with van der Waals surface area (Å²) in [5, 5.41) is 0. The fourth-order valence-corrected chi connectivity index (χ4v) is 4.05. The summed E-state index contributed by atoms with van der Waals surface area (Å²) in [6, 6.07) is 5.34. The number of benzene rings is 1. The number of aryl methyl sites for hydroxylation is 1. The number of carbonyl (C=O) groups is 1. The van der Waals surface area contributed by atoms with Crippen LogP contribution in [0.3, 0.4) is 0 Å². The molecule has 128 valence electrons. The molecular formula is C16H24N2O4S. The summed E-state index contributed by atoms with van der Waals surface area (Å²) < 4.78 is 32.3. The number of Topliss-reactive ketones (excluding diaryl/α,β-unsaturated/α-hetero) is 1. The van der Waals surface area contributed by atoms with E-state index in [1.807, 2.05) is 13.0 Å². The molecule has 7 heteroatoms. The van der Waals surface area contributed by atoms with E-state index in [4.69, 9.17) is 4.74 Å². The Morgan fingerprint density at radius 2 is 2.04 bits per heavy atom. The van der Waals surface area contributed by atoms with E-state index in [0.29, 0.717) is 30.7 Å². The zero-order chi connectivity index (χ0) is 17.2. The van der Waals surface area contributed by atoms with E-state index in [1.54, 1.807) is 19.2 Å². The van der Waals surface area contributed by atoms with Crippen LogP contribution in [-0.2, 0) is 10.2 Å². The smallest absolute Gasteiger partial charge is 0.281 e. The van der Waals surface area contributed by atoms with Crippen LogP contribution in [0.2, 0.25) is 0 Å². The summed E-state index contributed by atoms with van der Waals surface area (Å²) in [7, 11) is 1.13. The van der Waals surface area contributed by atoms with Gasteiger partial charge in [0.2, 0.25) is 0 Å². The van der Waals surface area contributed by atoms with Crippen LogP contribution in [0.5, 0.6) is 5.75 Å². The van der Waals surface area contributed by atoms with E-state index < -0.39 is 10.2 Å². The number of methoxy groups -OCH3 is 1. The van der Waals surface area contributed by atoms with Crippen molar-refractivity contribution in [1.29, 1.82) is 0 Å². The van der Waals surface area contributed by atoms with Gasteiger partial charge in [0.25, 0.3) is 10.2 Å². The van der Waals surface area contributed by atoms with Gasteiger partial charge in [-0.05, 0) is 43.5 Å². The third kappa shape index (κ3) is 3.73. The number of ether oxygens (including phenoxy) is 1. The van der Waals surface area contributed by atoms with Crippen LogP contribution in [0.15, 0.2) is 18.2 Å². The average molecular weight is 340 g/mol. The van der Waals surface area contributed by atoms with Gasteiger partial charge >= 0.3 is 0 Å². The minimum atomic E-state index is -3.47. The Bertz CT molecular complexity index is 685. The second-order valence-corrected chi connectivity index (χ2v) is 8.17. The van der Waals surface area contributed by atoms with E-state index in [0.717, 1.165) is 5.56 Å². The summed E-state index contributed by atoms with van der Waals surface area (Å²) in [4.78, 5) is 12.8. The fourth-order valence-electron chi connectivity index (χ4n) is 2.86. The van der Waals surface area contributed by atoms with Crippen molar-refractivity contribution >= 4 is 16.0 Å². The van der Waals surface area contributed by atoms with Gasteiger partial charge in [0.1, 0.15) is 5.75 Å². The van der Waals surface area contributed by atoms with E-state index in [1.165, 1.54) is 22.7 Å². The number of nitrogens with zero attached hydrogens (tertiary/aromatic N) is 2. The molecule has 1 aliphatic heterocycles. The molecule has 1 atom stereocenters. The largest absolute Gasteiger partial charge is 0.497 e. The number of hydrogen-bond donors (Lipinski definition) is 0. The molecule has 1 aromatic carbocycles. The summed E-state index contributed by atoms with van der Waals surface area (Å²) in [5.74, 6) is 0.411. The van der Waals surface area contributed by atoms with E-state index in [9.17, 15) is 13.2 Å². The molecule has 0 amide bonds. The second-order valence-electron chi connectivity index (χ2n) is 6.03. The van der Waals surface area contributed by atoms with Gasteiger partial charge in [-0.1, -0.05) is 0 Å². The predicted molar refractivity (Wildman–Crippen MR) is 89.0 cm³/mol. The first-order valence-electron chi connectivity index (χ1n) is 7.64. The van der Waals surface area contributed by atoms with Crippen LogP contribution < -0.4 is 4.74 Å². The molecule has 0 radical (unpaired) electrons. The molecule has 23 heavy (non-hydrogen) atoms. The Labute approximate surface area is 138 Å². The monoisotopic (exact) mass is 340 g/mol. The highest BCUT2D eigenvalue weighted by atomic mass is 32.2. The molecule has 1 saturated heterocycles. The third-order valence-corrected chi connectivity index (χ3v) is 6.15. The topological polar surface area (TPSA) is 66.9 Å². The lowest BCUT2D eigenvalue weighted by atomic mass is 9.89. The number of hydrogen-bond acceptors (Lipinski definition) is 4. The van der Waals surface area contributed by atoms with Crippen molar-refractivity contribution in [2.45, 2.75) is 19.8 Å². The Kier molecular flexibility index (Phi) is 5.44. The second kappa shape index (κ2) is 6.98. The fraction of sp³-hybridized carbons (Fsp3) is 0.562. The molecule has 0 N–H and O–H groups in total. The standard InChI is InChI=1S/C16H24N2O4S/c1-12-10-14(22-4)7-8-15(12)16(19)13-6-5-9-18(11-13)23(20,21)17(2)3/h7-8,10,13H,5-6,9,11H2,1-4H3/t13-/m0/s1.